The largest absolute Gasteiger partial charge is 0.443 e. The van der Waals surface area contributed by atoms with Crippen molar-refractivity contribution in [2.45, 2.75) is 12.4 Å². The summed E-state index contributed by atoms with van der Waals surface area (Å²) in [5, 5.41) is 14.3. The second kappa shape index (κ2) is 13.5. The third kappa shape index (κ3) is 7.59. The summed E-state index contributed by atoms with van der Waals surface area (Å²) in [5.74, 6) is 0. The number of ether oxygens (including phenoxy) is 1. The average molecular weight is 462 g/mol. The van der Waals surface area contributed by atoms with E-state index < -0.39 is 6.92 Å². The van der Waals surface area contributed by atoms with Crippen LogP contribution in [0, 0.1) is 0 Å². The Morgan fingerprint density at radius 1 is 0.743 bits per heavy atom. The van der Waals surface area contributed by atoms with E-state index in [-0.39, 0.29) is 6.00 Å². The molecule has 1 atom stereocenters. The molecular formula is C29H30B2NO3. The van der Waals surface area contributed by atoms with E-state index >= 15 is 0 Å². The van der Waals surface area contributed by atoms with E-state index in [2.05, 4.69) is 11.4 Å². The van der Waals surface area contributed by atoms with Crippen LogP contribution in [-0.2, 0) is 15.8 Å². The van der Waals surface area contributed by atoms with Crippen molar-refractivity contribution in [3.63, 3.8) is 0 Å². The first-order chi connectivity index (χ1) is 17.3. The number of anilines is 1. The lowest BCUT2D eigenvalue weighted by Crippen LogP contribution is -2.44. The fraction of sp³-hybridized carbons (Fsp3) is 0.172. The van der Waals surface area contributed by atoms with E-state index in [1.165, 1.54) is 0 Å². The third-order valence-corrected chi connectivity index (χ3v) is 5.80. The first kappa shape index (κ1) is 24.8. The second-order valence-corrected chi connectivity index (χ2v) is 8.26. The minimum atomic E-state index is -0.663. The summed E-state index contributed by atoms with van der Waals surface area (Å²) < 4.78 is 12.1. The highest BCUT2D eigenvalue weighted by Crippen LogP contribution is 2.17. The van der Waals surface area contributed by atoms with Gasteiger partial charge in [0.05, 0.1) is 12.6 Å². The van der Waals surface area contributed by atoms with E-state index in [0.29, 0.717) is 26.2 Å². The van der Waals surface area contributed by atoms with E-state index in [1.54, 1.807) is 7.48 Å². The molecular weight excluding hydrogens is 432 g/mol. The monoisotopic (exact) mass is 462 g/mol. The van der Waals surface area contributed by atoms with Crippen LogP contribution < -0.4 is 16.2 Å². The van der Waals surface area contributed by atoms with Crippen LogP contribution in [0.15, 0.2) is 115 Å². The minimum absolute atomic E-state index is 0.279. The van der Waals surface area contributed by atoms with Gasteiger partial charge in [-0.15, -0.1) is 0 Å². The Labute approximate surface area is 209 Å². The maximum atomic E-state index is 10.9. The molecule has 1 radical (unpaired) electrons. The van der Waals surface area contributed by atoms with Gasteiger partial charge in [-0.1, -0.05) is 103 Å². The number of hydrogen-bond acceptors (Lipinski definition) is 4. The summed E-state index contributed by atoms with van der Waals surface area (Å²) >= 11 is 0. The molecule has 0 saturated heterocycles. The quantitative estimate of drug-likeness (QED) is 0.235. The Bertz CT molecular complexity index is 1130. The summed E-state index contributed by atoms with van der Waals surface area (Å²) in [4.78, 5) is 0. The summed E-state index contributed by atoms with van der Waals surface area (Å²) in [7, 11) is 1.77. The standard InChI is InChI=1S/C29H30B2NO3/c33-31(26-15-6-2-7-16-26)28-19-11-10-12-24(28)20-22-34-29(25-13-4-1-5-14-25)30-35-23-21-32-27-17-8-3-9-18-27/h1-19,29,32-33H,20-23H2. The average Bonchev–Trinajstić information content (AvgIpc) is 2.93. The van der Waals surface area contributed by atoms with Crippen LogP contribution in [0.3, 0.4) is 0 Å². The molecule has 0 heterocycles. The summed E-state index contributed by atoms with van der Waals surface area (Å²) in [6.07, 6.45) is 0.687. The van der Waals surface area contributed by atoms with Crippen LogP contribution in [-0.4, -0.2) is 39.2 Å². The van der Waals surface area contributed by atoms with Gasteiger partial charge in [-0.2, -0.15) is 0 Å². The lowest BCUT2D eigenvalue weighted by molar-refractivity contribution is 0.0956. The van der Waals surface area contributed by atoms with Crippen LogP contribution in [0.25, 0.3) is 0 Å². The molecule has 0 saturated carbocycles. The zero-order chi connectivity index (χ0) is 24.1. The van der Waals surface area contributed by atoms with Gasteiger partial charge in [0.25, 0.3) is 0 Å². The van der Waals surface area contributed by atoms with Gasteiger partial charge >= 0.3 is 14.4 Å². The zero-order valence-corrected chi connectivity index (χ0v) is 19.8. The van der Waals surface area contributed by atoms with Gasteiger partial charge in [0.15, 0.2) is 0 Å². The first-order valence-electron chi connectivity index (χ1n) is 12.0. The molecule has 2 N–H and O–H groups in total. The van der Waals surface area contributed by atoms with E-state index in [9.17, 15) is 5.02 Å². The van der Waals surface area contributed by atoms with E-state index in [0.717, 1.165) is 27.7 Å². The molecule has 0 bridgehead atoms. The first-order valence-corrected chi connectivity index (χ1v) is 12.0. The number of benzene rings is 4. The fourth-order valence-electron chi connectivity index (χ4n) is 3.96. The molecule has 0 aliphatic rings. The maximum absolute atomic E-state index is 10.9. The summed E-state index contributed by atoms with van der Waals surface area (Å²) in [6.45, 7) is 1.07. The highest BCUT2D eigenvalue weighted by molar-refractivity contribution is 6.79. The molecule has 175 valence electrons. The Kier molecular flexibility index (Phi) is 9.60. The Balaban J connectivity index is 1.32. The summed E-state index contributed by atoms with van der Waals surface area (Å²) in [5.41, 5.74) is 4.98. The predicted octanol–water partition coefficient (Wildman–Crippen LogP) is 3.79. The van der Waals surface area contributed by atoms with Gasteiger partial charge in [-0.25, -0.2) is 0 Å². The highest BCUT2D eigenvalue weighted by Gasteiger charge is 2.20. The Morgan fingerprint density at radius 3 is 2.11 bits per heavy atom. The lowest BCUT2D eigenvalue weighted by atomic mass is 9.54. The van der Waals surface area contributed by atoms with Gasteiger partial charge in [0.1, 0.15) is 0 Å². The van der Waals surface area contributed by atoms with Crippen LogP contribution >= 0.6 is 0 Å². The van der Waals surface area contributed by atoms with E-state index in [1.807, 2.05) is 109 Å². The second-order valence-electron chi connectivity index (χ2n) is 8.26. The smallest absolute Gasteiger partial charge is 0.359 e. The number of hydrogen-bond donors (Lipinski definition) is 2. The Morgan fingerprint density at radius 2 is 1.37 bits per heavy atom. The molecule has 35 heavy (non-hydrogen) atoms. The molecule has 6 heteroatoms. The number of nitrogens with one attached hydrogen (secondary N) is 1. The third-order valence-electron chi connectivity index (χ3n) is 5.80. The SMILES string of the molecule is OB(c1ccccc1)c1ccccc1CCOC([B]OCCNc1ccccc1)c1ccccc1. The molecule has 0 fully saturated rings. The molecule has 4 nitrogen and oxygen atoms in total. The van der Waals surface area contributed by atoms with Gasteiger partial charge in [0.2, 0.25) is 0 Å². The molecule has 0 spiro atoms. The molecule has 1 unspecified atom stereocenters. The van der Waals surface area contributed by atoms with Crippen molar-refractivity contribution < 1.29 is 14.4 Å². The van der Waals surface area contributed by atoms with Crippen molar-refractivity contribution in [1.29, 1.82) is 0 Å². The number of rotatable bonds is 13. The van der Waals surface area contributed by atoms with Crippen molar-refractivity contribution in [1.82, 2.24) is 0 Å². The van der Waals surface area contributed by atoms with Crippen molar-refractivity contribution in [2.75, 3.05) is 25.1 Å². The zero-order valence-electron chi connectivity index (χ0n) is 19.8. The molecule has 4 aromatic carbocycles. The predicted molar refractivity (Wildman–Crippen MR) is 146 cm³/mol. The maximum Gasteiger partial charge on any atom is 0.359 e. The number of para-hydroxylation sites is 1. The lowest BCUT2D eigenvalue weighted by Gasteiger charge is -2.19. The van der Waals surface area contributed by atoms with Crippen molar-refractivity contribution in [3.05, 3.63) is 126 Å². The van der Waals surface area contributed by atoms with Gasteiger partial charge in [-0.3, -0.25) is 0 Å². The van der Waals surface area contributed by atoms with Crippen LogP contribution in [0.4, 0.5) is 5.69 Å². The fourth-order valence-corrected chi connectivity index (χ4v) is 3.96. The highest BCUT2D eigenvalue weighted by atomic mass is 16.5. The van der Waals surface area contributed by atoms with E-state index in [4.69, 9.17) is 9.39 Å². The van der Waals surface area contributed by atoms with Crippen molar-refractivity contribution in [2.24, 2.45) is 0 Å². The van der Waals surface area contributed by atoms with Crippen LogP contribution in [0.1, 0.15) is 17.1 Å². The normalized spacial score (nSPS) is 11.6. The molecule has 0 aliphatic carbocycles. The Hall–Kier alpha value is -3.31. The topological polar surface area (TPSA) is 50.7 Å². The summed E-state index contributed by atoms with van der Waals surface area (Å²) in [6, 6.07) is 37.6. The van der Waals surface area contributed by atoms with Gasteiger partial charge < -0.3 is 19.7 Å². The van der Waals surface area contributed by atoms with Gasteiger partial charge in [-0.05, 0) is 40.6 Å². The molecule has 0 amide bonds. The van der Waals surface area contributed by atoms with Crippen LogP contribution in [0.2, 0.25) is 0 Å². The van der Waals surface area contributed by atoms with Crippen molar-refractivity contribution >= 4 is 31.0 Å². The molecule has 4 rings (SSSR count). The van der Waals surface area contributed by atoms with Crippen molar-refractivity contribution in [3.8, 4) is 0 Å². The van der Waals surface area contributed by atoms with Gasteiger partial charge in [0, 0.05) is 18.8 Å². The molecule has 0 aliphatic heterocycles. The molecule has 0 aromatic heterocycles. The van der Waals surface area contributed by atoms with Crippen LogP contribution in [0.5, 0.6) is 0 Å². The minimum Gasteiger partial charge on any atom is -0.443 e. The molecule has 4 aromatic rings.